The molecule has 2 N–H and O–H groups in total. The largest absolute Gasteiger partial charge is 0.339 e. The molecule has 1 heterocycles. The molecule has 1 saturated heterocycles. The number of amides is 1. The molecule has 4 heteroatoms. The fourth-order valence-electron chi connectivity index (χ4n) is 2.14. The summed E-state index contributed by atoms with van der Waals surface area (Å²) in [4.78, 5) is 14.0. The van der Waals surface area contributed by atoms with E-state index in [4.69, 9.17) is 5.73 Å². The van der Waals surface area contributed by atoms with Crippen molar-refractivity contribution >= 4 is 18.3 Å². The van der Waals surface area contributed by atoms with Crippen molar-refractivity contribution in [2.45, 2.75) is 12.8 Å². The van der Waals surface area contributed by atoms with E-state index in [1.165, 1.54) is 0 Å². The molecule has 17 heavy (non-hydrogen) atoms. The van der Waals surface area contributed by atoms with E-state index in [9.17, 15) is 4.79 Å². The molecule has 0 spiro atoms. The van der Waals surface area contributed by atoms with Gasteiger partial charge in [-0.15, -0.1) is 12.4 Å². The number of hydrogen-bond acceptors (Lipinski definition) is 2. The number of carbonyl (C=O) groups excluding carboxylic acids is 1. The van der Waals surface area contributed by atoms with Crippen molar-refractivity contribution in [1.82, 2.24) is 4.90 Å². The molecule has 0 unspecified atom stereocenters. The molecular formula is C13H19ClN2O. The second kappa shape index (κ2) is 6.62. The van der Waals surface area contributed by atoms with E-state index < -0.39 is 0 Å². The van der Waals surface area contributed by atoms with Crippen LogP contribution >= 0.6 is 12.4 Å². The average molecular weight is 255 g/mol. The van der Waals surface area contributed by atoms with Crippen molar-refractivity contribution in [1.29, 1.82) is 0 Å². The minimum atomic E-state index is 0. The van der Waals surface area contributed by atoms with Gasteiger partial charge in [0, 0.05) is 18.7 Å². The van der Waals surface area contributed by atoms with E-state index in [-0.39, 0.29) is 18.3 Å². The zero-order chi connectivity index (χ0) is 11.4. The number of hydrogen-bond donors (Lipinski definition) is 1. The van der Waals surface area contributed by atoms with Crippen LogP contribution in [0.15, 0.2) is 30.3 Å². The van der Waals surface area contributed by atoms with Gasteiger partial charge in [0.05, 0.1) is 0 Å². The van der Waals surface area contributed by atoms with Crippen molar-refractivity contribution in [2.24, 2.45) is 11.7 Å². The smallest absolute Gasteiger partial charge is 0.253 e. The Balaban J connectivity index is 0.00000144. The van der Waals surface area contributed by atoms with Gasteiger partial charge in [0.15, 0.2) is 0 Å². The monoisotopic (exact) mass is 254 g/mol. The number of likely N-dealkylation sites (tertiary alicyclic amines) is 1. The Morgan fingerprint density at radius 1 is 1.24 bits per heavy atom. The summed E-state index contributed by atoms with van der Waals surface area (Å²) < 4.78 is 0. The zero-order valence-electron chi connectivity index (χ0n) is 9.84. The van der Waals surface area contributed by atoms with Crippen LogP contribution in [0.2, 0.25) is 0 Å². The van der Waals surface area contributed by atoms with Crippen molar-refractivity contribution < 1.29 is 4.79 Å². The average Bonchev–Trinajstić information content (AvgIpc) is 2.39. The van der Waals surface area contributed by atoms with Crippen molar-refractivity contribution in [3.63, 3.8) is 0 Å². The number of benzene rings is 1. The van der Waals surface area contributed by atoms with Crippen LogP contribution in [0, 0.1) is 5.92 Å². The Morgan fingerprint density at radius 2 is 1.82 bits per heavy atom. The molecule has 0 radical (unpaired) electrons. The van der Waals surface area contributed by atoms with Crippen LogP contribution < -0.4 is 5.73 Å². The van der Waals surface area contributed by atoms with Crippen LogP contribution in [0.1, 0.15) is 23.2 Å². The summed E-state index contributed by atoms with van der Waals surface area (Å²) in [7, 11) is 0. The maximum atomic E-state index is 12.1. The lowest BCUT2D eigenvalue weighted by Crippen LogP contribution is -2.40. The highest BCUT2D eigenvalue weighted by Gasteiger charge is 2.22. The first kappa shape index (κ1) is 14.0. The number of piperidine rings is 1. The molecule has 0 saturated carbocycles. The molecule has 3 nitrogen and oxygen atoms in total. The molecule has 0 atom stereocenters. The predicted octanol–water partition coefficient (Wildman–Crippen LogP) is 1.92. The Kier molecular flexibility index (Phi) is 5.45. The van der Waals surface area contributed by atoms with Gasteiger partial charge in [0.25, 0.3) is 5.91 Å². The second-order valence-electron chi connectivity index (χ2n) is 4.34. The summed E-state index contributed by atoms with van der Waals surface area (Å²) in [6, 6.07) is 9.48. The summed E-state index contributed by atoms with van der Waals surface area (Å²) in [6.45, 7) is 2.43. The third kappa shape index (κ3) is 3.45. The van der Waals surface area contributed by atoms with Gasteiger partial charge in [-0.2, -0.15) is 0 Å². The first-order valence-electron chi connectivity index (χ1n) is 5.85. The van der Waals surface area contributed by atoms with E-state index >= 15 is 0 Å². The van der Waals surface area contributed by atoms with Crippen LogP contribution in [0.4, 0.5) is 0 Å². The van der Waals surface area contributed by atoms with Gasteiger partial charge in [-0.05, 0) is 37.4 Å². The maximum Gasteiger partial charge on any atom is 0.253 e. The van der Waals surface area contributed by atoms with Crippen molar-refractivity contribution in [3.05, 3.63) is 35.9 Å². The molecule has 1 aromatic rings. The molecule has 0 bridgehead atoms. The Hall–Kier alpha value is -1.06. The summed E-state index contributed by atoms with van der Waals surface area (Å²) in [5.74, 6) is 0.746. The molecule has 2 rings (SSSR count). The van der Waals surface area contributed by atoms with Gasteiger partial charge in [0.1, 0.15) is 0 Å². The summed E-state index contributed by atoms with van der Waals surface area (Å²) in [6.07, 6.45) is 2.07. The minimum Gasteiger partial charge on any atom is -0.339 e. The third-order valence-electron chi connectivity index (χ3n) is 3.26. The maximum absolute atomic E-state index is 12.1. The van der Waals surface area contributed by atoms with Gasteiger partial charge in [-0.1, -0.05) is 18.2 Å². The third-order valence-corrected chi connectivity index (χ3v) is 3.26. The molecular weight excluding hydrogens is 236 g/mol. The van der Waals surface area contributed by atoms with E-state index in [0.29, 0.717) is 5.92 Å². The van der Waals surface area contributed by atoms with E-state index in [1.807, 2.05) is 35.2 Å². The fourth-order valence-corrected chi connectivity index (χ4v) is 2.14. The van der Waals surface area contributed by atoms with E-state index in [2.05, 4.69) is 0 Å². The Morgan fingerprint density at radius 3 is 2.35 bits per heavy atom. The van der Waals surface area contributed by atoms with Crippen LogP contribution in [-0.2, 0) is 0 Å². The van der Waals surface area contributed by atoms with Gasteiger partial charge < -0.3 is 10.6 Å². The summed E-state index contributed by atoms with van der Waals surface area (Å²) in [5, 5.41) is 0. The number of rotatable bonds is 2. The molecule has 1 aromatic carbocycles. The first-order chi connectivity index (χ1) is 7.81. The molecule has 0 aliphatic carbocycles. The molecule has 1 aliphatic heterocycles. The SMILES string of the molecule is Cl.NCC1CCN(C(=O)c2ccccc2)CC1. The van der Waals surface area contributed by atoms with Crippen molar-refractivity contribution in [3.8, 4) is 0 Å². The minimum absolute atomic E-state index is 0. The van der Waals surface area contributed by atoms with Gasteiger partial charge in [-0.3, -0.25) is 4.79 Å². The summed E-state index contributed by atoms with van der Waals surface area (Å²) >= 11 is 0. The van der Waals surface area contributed by atoms with Gasteiger partial charge >= 0.3 is 0 Å². The molecule has 94 valence electrons. The fraction of sp³-hybridized carbons (Fsp3) is 0.462. The Labute approximate surface area is 108 Å². The Bertz CT molecular complexity index is 348. The lowest BCUT2D eigenvalue weighted by molar-refractivity contribution is 0.0693. The van der Waals surface area contributed by atoms with Gasteiger partial charge in [0.2, 0.25) is 0 Å². The van der Waals surface area contributed by atoms with Crippen LogP contribution in [0.3, 0.4) is 0 Å². The molecule has 1 amide bonds. The predicted molar refractivity (Wildman–Crippen MR) is 71.4 cm³/mol. The highest BCUT2D eigenvalue weighted by molar-refractivity contribution is 5.94. The lowest BCUT2D eigenvalue weighted by atomic mass is 9.96. The normalized spacial score (nSPS) is 16.4. The van der Waals surface area contributed by atoms with Crippen LogP contribution in [0.25, 0.3) is 0 Å². The van der Waals surface area contributed by atoms with Gasteiger partial charge in [-0.25, -0.2) is 0 Å². The number of carbonyl (C=O) groups is 1. The number of nitrogens with zero attached hydrogens (tertiary/aromatic N) is 1. The highest BCUT2D eigenvalue weighted by atomic mass is 35.5. The van der Waals surface area contributed by atoms with Crippen LogP contribution in [-0.4, -0.2) is 30.4 Å². The topological polar surface area (TPSA) is 46.3 Å². The lowest BCUT2D eigenvalue weighted by Gasteiger charge is -2.31. The first-order valence-corrected chi connectivity index (χ1v) is 5.85. The van der Waals surface area contributed by atoms with Crippen molar-refractivity contribution in [2.75, 3.05) is 19.6 Å². The zero-order valence-corrected chi connectivity index (χ0v) is 10.7. The second-order valence-corrected chi connectivity index (χ2v) is 4.34. The quantitative estimate of drug-likeness (QED) is 0.877. The highest BCUT2D eigenvalue weighted by Crippen LogP contribution is 2.17. The van der Waals surface area contributed by atoms with E-state index in [1.54, 1.807) is 0 Å². The number of halogens is 1. The molecule has 0 aromatic heterocycles. The standard InChI is InChI=1S/C13H18N2O.ClH/c14-10-11-6-8-15(9-7-11)13(16)12-4-2-1-3-5-12;/h1-5,11H,6-10,14H2;1H. The van der Waals surface area contributed by atoms with E-state index in [0.717, 1.165) is 38.0 Å². The molecule has 1 aliphatic rings. The van der Waals surface area contributed by atoms with Crippen LogP contribution in [0.5, 0.6) is 0 Å². The molecule has 1 fully saturated rings. The number of nitrogens with two attached hydrogens (primary N) is 1. The summed E-state index contributed by atoms with van der Waals surface area (Å²) in [5.41, 5.74) is 6.42.